The standard InChI is InChI=1S/C23H34O4/c1-4-6-8-18(5-2)16-27-22(25)17(3)20-12-10-19(11-13-20)15-23(26)14-7-9-21(23)24/h10-13,17-18,26H,4-9,14-16H2,1-3H3. The zero-order valence-electron chi connectivity index (χ0n) is 17.0. The van der Waals surface area contributed by atoms with Crippen LogP contribution in [0.4, 0.5) is 0 Å². The van der Waals surface area contributed by atoms with E-state index in [0.717, 1.165) is 36.8 Å². The molecule has 1 aliphatic carbocycles. The third-order valence-electron chi connectivity index (χ3n) is 5.85. The summed E-state index contributed by atoms with van der Waals surface area (Å²) in [7, 11) is 0. The van der Waals surface area contributed by atoms with Crippen molar-refractivity contribution in [3.63, 3.8) is 0 Å². The fourth-order valence-electron chi connectivity index (χ4n) is 3.72. The van der Waals surface area contributed by atoms with Crippen LogP contribution in [0.5, 0.6) is 0 Å². The van der Waals surface area contributed by atoms with Crippen molar-refractivity contribution in [1.82, 2.24) is 0 Å². The lowest BCUT2D eigenvalue weighted by Crippen LogP contribution is -2.35. The summed E-state index contributed by atoms with van der Waals surface area (Å²) < 4.78 is 5.55. The Labute approximate surface area is 163 Å². The fraction of sp³-hybridized carbons (Fsp3) is 0.652. The number of unbranched alkanes of at least 4 members (excludes halogenated alkanes) is 1. The zero-order valence-corrected chi connectivity index (χ0v) is 17.0. The Kier molecular flexibility index (Phi) is 8.03. The Morgan fingerprint density at radius 2 is 1.96 bits per heavy atom. The lowest BCUT2D eigenvalue weighted by Gasteiger charge is -2.21. The fourth-order valence-corrected chi connectivity index (χ4v) is 3.72. The molecule has 0 bridgehead atoms. The lowest BCUT2D eigenvalue weighted by molar-refractivity contribution is -0.146. The number of hydrogen-bond donors (Lipinski definition) is 1. The molecule has 1 saturated carbocycles. The molecule has 27 heavy (non-hydrogen) atoms. The molecule has 0 heterocycles. The molecule has 0 aliphatic heterocycles. The van der Waals surface area contributed by atoms with Crippen molar-refractivity contribution in [2.75, 3.05) is 6.61 Å². The van der Waals surface area contributed by atoms with Gasteiger partial charge < -0.3 is 9.84 Å². The lowest BCUT2D eigenvalue weighted by atomic mass is 9.90. The molecule has 0 saturated heterocycles. The van der Waals surface area contributed by atoms with Gasteiger partial charge in [-0.15, -0.1) is 0 Å². The number of ether oxygens (including phenoxy) is 1. The van der Waals surface area contributed by atoms with Crippen LogP contribution >= 0.6 is 0 Å². The number of Topliss-reactive ketones (excluding diaryl/α,β-unsaturated/α-hetero) is 1. The SMILES string of the molecule is CCCCC(CC)COC(=O)C(C)c1ccc(CC2(O)CCCC2=O)cc1. The molecule has 2 rings (SSSR count). The summed E-state index contributed by atoms with van der Waals surface area (Å²) >= 11 is 0. The Balaban J connectivity index is 1.89. The third kappa shape index (κ3) is 5.90. The molecular formula is C23H34O4. The maximum Gasteiger partial charge on any atom is 0.313 e. The largest absolute Gasteiger partial charge is 0.465 e. The summed E-state index contributed by atoms with van der Waals surface area (Å²) in [5.74, 6) is -0.133. The van der Waals surface area contributed by atoms with Crippen molar-refractivity contribution in [1.29, 1.82) is 0 Å². The van der Waals surface area contributed by atoms with Gasteiger partial charge in [0.15, 0.2) is 5.78 Å². The molecule has 4 heteroatoms. The van der Waals surface area contributed by atoms with Crippen LogP contribution < -0.4 is 0 Å². The van der Waals surface area contributed by atoms with E-state index < -0.39 is 5.60 Å². The second kappa shape index (κ2) is 10.0. The highest BCUT2D eigenvalue weighted by atomic mass is 16.5. The molecule has 1 aromatic carbocycles. The average Bonchev–Trinajstić information content (AvgIpc) is 3.00. The maximum absolute atomic E-state index is 12.4. The quantitative estimate of drug-likeness (QED) is 0.609. The number of benzene rings is 1. The van der Waals surface area contributed by atoms with Crippen LogP contribution in [0.25, 0.3) is 0 Å². The third-order valence-corrected chi connectivity index (χ3v) is 5.85. The molecule has 150 valence electrons. The van der Waals surface area contributed by atoms with E-state index in [9.17, 15) is 14.7 Å². The molecule has 0 aromatic heterocycles. The van der Waals surface area contributed by atoms with Gasteiger partial charge in [-0.1, -0.05) is 57.4 Å². The number of aliphatic hydroxyl groups is 1. The summed E-state index contributed by atoms with van der Waals surface area (Å²) in [6.45, 7) is 6.66. The molecule has 1 aliphatic rings. The van der Waals surface area contributed by atoms with Crippen molar-refractivity contribution in [3.8, 4) is 0 Å². The average molecular weight is 375 g/mol. The Bertz CT molecular complexity index is 622. The van der Waals surface area contributed by atoms with Crippen molar-refractivity contribution in [3.05, 3.63) is 35.4 Å². The van der Waals surface area contributed by atoms with Crippen molar-refractivity contribution in [2.24, 2.45) is 5.92 Å². The Morgan fingerprint density at radius 1 is 1.26 bits per heavy atom. The molecule has 0 spiro atoms. The molecular weight excluding hydrogens is 340 g/mol. The topological polar surface area (TPSA) is 63.6 Å². The van der Waals surface area contributed by atoms with E-state index in [4.69, 9.17) is 4.74 Å². The molecule has 3 unspecified atom stereocenters. The maximum atomic E-state index is 12.4. The first-order valence-electron chi connectivity index (χ1n) is 10.4. The van der Waals surface area contributed by atoms with Crippen molar-refractivity contribution < 1.29 is 19.4 Å². The second-order valence-electron chi connectivity index (χ2n) is 7.99. The predicted molar refractivity (Wildman–Crippen MR) is 107 cm³/mol. The first-order valence-corrected chi connectivity index (χ1v) is 10.4. The van der Waals surface area contributed by atoms with Crippen LogP contribution in [0.1, 0.15) is 82.8 Å². The number of esters is 1. The zero-order chi connectivity index (χ0) is 19.9. The first kappa shape index (κ1) is 21.6. The normalized spacial score (nSPS) is 21.9. The highest BCUT2D eigenvalue weighted by Crippen LogP contribution is 2.30. The van der Waals surface area contributed by atoms with Crippen LogP contribution in [0.3, 0.4) is 0 Å². The molecule has 1 aromatic rings. The minimum Gasteiger partial charge on any atom is -0.465 e. The van der Waals surface area contributed by atoms with Gasteiger partial charge in [-0.2, -0.15) is 0 Å². The minimum absolute atomic E-state index is 0.0583. The molecule has 0 radical (unpaired) electrons. The first-order chi connectivity index (χ1) is 12.9. The van der Waals surface area contributed by atoms with Gasteiger partial charge in [0, 0.05) is 12.8 Å². The van der Waals surface area contributed by atoms with Gasteiger partial charge >= 0.3 is 5.97 Å². The van der Waals surface area contributed by atoms with Crippen LogP contribution in [0.2, 0.25) is 0 Å². The van der Waals surface area contributed by atoms with Crippen LogP contribution in [0.15, 0.2) is 24.3 Å². The van der Waals surface area contributed by atoms with Crippen molar-refractivity contribution >= 4 is 11.8 Å². The van der Waals surface area contributed by atoms with Gasteiger partial charge in [-0.3, -0.25) is 9.59 Å². The molecule has 0 amide bonds. The minimum atomic E-state index is -1.21. The van der Waals surface area contributed by atoms with Gasteiger partial charge in [0.25, 0.3) is 0 Å². The molecule has 1 N–H and O–H groups in total. The smallest absolute Gasteiger partial charge is 0.313 e. The molecule has 1 fully saturated rings. The van der Waals surface area contributed by atoms with E-state index in [-0.39, 0.29) is 17.7 Å². The van der Waals surface area contributed by atoms with E-state index in [0.29, 0.717) is 31.8 Å². The van der Waals surface area contributed by atoms with Crippen LogP contribution in [0, 0.1) is 5.92 Å². The molecule has 4 nitrogen and oxygen atoms in total. The number of rotatable bonds is 10. The van der Waals surface area contributed by atoms with E-state index in [1.807, 2.05) is 31.2 Å². The summed E-state index contributed by atoms with van der Waals surface area (Å²) in [6, 6.07) is 7.61. The number of ketones is 1. The van der Waals surface area contributed by atoms with Crippen LogP contribution in [-0.2, 0) is 20.7 Å². The van der Waals surface area contributed by atoms with Gasteiger partial charge in [-0.05, 0) is 43.2 Å². The van der Waals surface area contributed by atoms with Gasteiger partial charge in [0.05, 0.1) is 12.5 Å². The number of carbonyl (C=O) groups is 2. The van der Waals surface area contributed by atoms with E-state index in [1.54, 1.807) is 0 Å². The van der Waals surface area contributed by atoms with E-state index in [2.05, 4.69) is 13.8 Å². The van der Waals surface area contributed by atoms with Gasteiger partial charge in [0.2, 0.25) is 0 Å². The second-order valence-corrected chi connectivity index (χ2v) is 7.99. The summed E-state index contributed by atoms with van der Waals surface area (Å²) in [4.78, 5) is 24.3. The number of hydrogen-bond acceptors (Lipinski definition) is 4. The van der Waals surface area contributed by atoms with E-state index in [1.165, 1.54) is 6.42 Å². The highest BCUT2D eigenvalue weighted by molar-refractivity contribution is 5.89. The summed E-state index contributed by atoms with van der Waals surface area (Å²) in [5, 5.41) is 10.5. The van der Waals surface area contributed by atoms with Gasteiger partial charge in [0.1, 0.15) is 5.60 Å². The van der Waals surface area contributed by atoms with Crippen molar-refractivity contribution in [2.45, 2.75) is 83.7 Å². The predicted octanol–water partition coefficient (Wildman–Crippen LogP) is 4.58. The van der Waals surface area contributed by atoms with Gasteiger partial charge in [-0.25, -0.2) is 0 Å². The monoisotopic (exact) mass is 374 g/mol. The summed E-state index contributed by atoms with van der Waals surface area (Å²) in [6.07, 6.45) is 6.56. The highest BCUT2D eigenvalue weighted by Gasteiger charge is 2.39. The summed E-state index contributed by atoms with van der Waals surface area (Å²) in [5.41, 5.74) is 0.609. The number of carbonyl (C=O) groups excluding carboxylic acids is 2. The van der Waals surface area contributed by atoms with E-state index >= 15 is 0 Å². The Hall–Kier alpha value is -1.68. The Morgan fingerprint density at radius 3 is 2.52 bits per heavy atom. The van der Waals surface area contributed by atoms with Crippen LogP contribution in [-0.4, -0.2) is 29.1 Å². The molecule has 3 atom stereocenters.